The fourth-order valence-corrected chi connectivity index (χ4v) is 2.12. The Bertz CT molecular complexity index is 335. The van der Waals surface area contributed by atoms with Crippen molar-refractivity contribution in [2.45, 2.75) is 38.6 Å². The van der Waals surface area contributed by atoms with Gasteiger partial charge in [-0.25, -0.2) is 0 Å². The molecule has 0 saturated heterocycles. The molecule has 1 aliphatic rings. The Labute approximate surface area is 91.4 Å². The van der Waals surface area contributed by atoms with Gasteiger partial charge in [0.25, 0.3) is 0 Å². The van der Waals surface area contributed by atoms with Gasteiger partial charge in [-0.2, -0.15) is 0 Å². The molecular weight excluding hydrogens is 186 g/mol. The van der Waals surface area contributed by atoms with Crippen LogP contribution in [0, 0.1) is 0 Å². The molecular formula is C13H19NO. The van der Waals surface area contributed by atoms with Gasteiger partial charge < -0.3 is 10.5 Å². The van der Waals surface area contributed by atoms with Crippen molar-refractivity contribution in [1.29, 1.82) is 0 Å². The third-order valence-corrected chi connectivity index (χ3v) is 2.95. The molecule has 0 bridgehead atoms. The molecule has 0 saturated carbocycles. The van der Waals surface area contributed by atoms with Crippen molar-refractivity contribution >= 4 is 0 Å². The molecule has 0 fully saturated rings. The molecule has 15 heavy (non-hydrogen) atoms. The molecule has 1 aliphatic carbocycles. The lowest BCUT2D eigenvalue weighted by molar-refractivity contribution is 0.316. The lowest BCUT2D eigenvalue weighted by Crippen LogP contribution is -2.17. The van der Waals surface area contributed by atoms with Crippen molar-refractivity contribution in [2.75, 3.05) is 6.61 Å². The van der Waals surface area contributed by atoms with Crippen LogP contribution in [0.1, 0.15) is 43.4 Å². The normalized spacial score (nSPS) is 19.7. The van der Waals surface area contributed by atoms with E-state index < -0.39 is 0 Å². The molecule has 0 aliphatic heterocycles. The molecule has 82 valence electrons. The van der Waals surface area contributed by atoms with Crippen LogP contribution in [0.4, 0.5) is 0 Å². The molecule has 0 unspecified atom stereocenters. The molecule has 1 aromatic rings. The second kappa shape index (κ2) is 4.67. The summed E-state index contributed by atoms with van der Waals surface area (Å²) in [6, 6.07) is 6.56. The fraction of sp³-hybridized carbons (Fsp3) is 0.538. The summed E-state index contributed by atoms with van der Waals surface area (Å²) in [5.41, 5.74) is 8.78. The van der Waals surface area contributed by atoms with E-state index in [1.54, 1.807) is 0 Å². The Morgan fingerprint density at radius 2 is 2.33 bits per heavy atom. The summed E-state index contributed by atoms with van der Waals surface area (Å²) in [6.45, 7) is 2.90. The zero-order chi connectivity index (χ0) is 10.7. The van der Waals surface area contributed by atoms with E-state index in [-0.39, 0.29) is 6.04 Å². The van der Waals surface area contributed by atoms with Crippen LogP contribution < -0.4 is 10.5 Å². The van der Waals surface area contributed by atoms with Crippen LogP contribution in [0.5, 0.6) is 5.75 Å². The largest absolute Gasteiger partial charge is 0.494 e. The van der Waals surface area contributed by atoms with Gasteiger partial charge in [0.1, 0.15) is 5.75 Å². The molecule has 0 amide bonds. The summed E-state index contributed by atoms with van der Waals surface area (Å²) < 4.78 is 5.61. The van der Waals surface area contributed by atoms with Crippen molar-refractivity contribution in [2.24, 2.45) is 5.73 Å². The number of hydrogen-bond acceptors (Lipinski definition) is 2. The molecule has 1 aromatic carbocycles. The number of aryl methyl sites for hydroxylation is 1. The van der Waals surface area contributed by atoms with E-state index in [9.17, 15) is 0 Å². The number of hydrogen-bond donors (Lipinski definition) is 1. The monoisotopic (exact) mass is 205 g/mol. The first kappa shape index (κ1) is 10.5. The van der Waals surface area contributed by atoms with Gasteiger partial charge in [-0.3, -0.25) is 0 Å². The summed E-state index contributed by atoms with van der Waals surface area (Å²) >= 11 is 0. The average molecular weight is 205 g/mol. The van der Waals surface area contributed by atoms with Crippen LogP contribution in [-0.2, 0) is 6.42 Å². The van der Waals surface area contributed by atoms with E-state index in [1.807, 2.05) is 0 Å². The molecule has 2 rings (SSSR count). The SMILES string of the molecule is CCCOc1ccc2c(c1)[C@@H](N)CCC2. The highest BCUT2D eigenvalue weighted by Crippen LogP contribution is 2.30. The van der Waals surface area contributed by atoms with Gasteiger partial charge in [0.2, 0.25) is 0 Å². The van der Waals surface area contributed by atoms with Crippen molar-refractivity contribution in [3.8, 4) is 5.75 Å². The predicted molar refractivity (Wildman–Crippen MR) is 62.1 cm³/mol. The van der Waals surface area contributed by atoms with Crippen molar-refractivity contribution in [3.63, 3.8) is 0 Å². The zero-order valence-electron chi connectivity index (χ0n) is 9.33. The topological polar surface area (TPSA) is 35.2 Å². The highest BCUT2D eigenvalue weighted by atomic mass is 16.5. The maximum Gasteiger partial charge on any atom is 0.119 e. The van der Waals surface area contributed by atoms with Gasteiger partial charge in [-0.15, -0.1) is 0 Å². The molecule has 2 heteroatoms. The van der Waals surface area contributed by atoms with Gasteiger partial charge >= 0.3 is 0 Å². The Morgan fingerprint density at radius 3 is 3.13 bits per heavy atom. The van der Waals surface area contributed by atoms with Crippen LogP contribution in [0.2, 0.25) is 0 Å². The van der Waals surface area contributed by atoms with E-state index in [4.69, 9.17) is 10.5 Å². The molecule has 0 aromatic heterocycles. The number of rotatable bonds is 3. The maximum atomic E-state index is 6.09. The summed E-state index contributed by atoms with van der Waals surface area (Å²) in [4.78, 5) is 0. The summed E-state index contributed by atoms with van der Waals surface area (Å²) in [5.74, 6) is 0.966. The Kier molecular flexibility index (Phi) is 3.27. The maximum absolute atomic E-state index is 6.09. The van der Waals surface area contributed by atoms with Gasteiger partial charge in [0, 0.05) is 6.04 Å². The smallest absolute Gasteiger partial charge is 0.119 e. The van der Waals surface area contributed by atoms with E-state index in [0.29, 0.717) is 0 Å². The molecule has 0 heterocycles. The minimum atomic E-state index is 0.207. The number of nitrogens with two attached hydrogens (primary N) is 1. The number of fused-ring (bicyclic) bond motifs is 1. The first-order valence-electron chi connectivity index (χ1n) is 5.82. The number of benzene rings is 1. The molecule has 2 N–H and O–H groups in total. The third-order valence-electron chi connectivity index (χ3n) is 2.95. The average Bonchev–Trinajstić information content (AvgIpc) is 2.27. The fourth-order valence-electron chi connectivity index (χ4n) is 2.12. The lowest BCUT2D eigenvalue weighted by atomic mass is 9.88. The second-order valence-corrected chi connectivity index (χ2v) is 4.21. The highest BCUT2D eigenvalue weighted by Gasteiger charge is 2.16. The minimum absolute atomic E-state index is 0.207. The summed E-state index contributed by atoms with van der Waals surface area (Å²) in [5, 5.41) is 0. The van der Waals surface area contributed by atoms with Crippen LogP contribution in [0.3, 0.4) is 0 Å². The van der Waals surface area contributed by atoms with Crippen molar-refractivity contribution < 1.29 is 4.74 Å². The quantitative estimate of drug-likeness (QED) is 0.823. The van der Waals surface area contributed by atoms with Gasteiger partial charge in [-0.1, -0.05) is 13.0 Å². The van der Waals surface area contributed by atoms with Gasteiger partial charge in [0.05, 0.1) is 6.61 Å². The lowest BCUT2D eigenvalue weighted by Gasteiger charge is -2.22. The van der Waals surface area contributed by atoms with Gasteiger partial charge in [0.15, 0.2) is 0 Å². The van der Waals surface area contributed by atoms with E-state index >= 15 is 0 Å². The minimum Gasteiger partial charge on any atom is -0.494 e. The predicted octanol–water partition coefficient (Wildman–Crippen LogP) is 2.81. The van der Waals surface area contributed by atoms with Crippen molar-refractivity contribution in [3.05, 3.63) is 29.3 Å². The van der Waals surface area contributed by atoms with E-state index in [2.05, 4.69) is 25.1 Å². The standard InChI is InChI=1S/C13H19NO/c1-2-8-15-11-7-6-10-4-3-5-13(14)12(10)9-11/h6-7,9,13H,2-5,8,14H2,1H3/t13-/m0/s1. The molecule has 0 spiro atoms. The van der Waals surface area contributed by atoms with Crippen LogP contribution >= 0.6 is 0 Å². The zero-order valence-corrected chi connectivity index (χ0v) is 9.33. The van der Waals surface area contributed by atoms with E-state index in [0.717, 1.165) is 31.6 Å². The highest BCUT2D eigenvalue weighted by molar-refractivity contribution is 5.39. The van der Waals surface area contributed by atoms with E-state index in [1.165, 1.54) is 17.5 Å². The number of ether oxygens (including phenoxy) is 1. The summed E-state index contributed by atoms with van der Waals surface area (Å²) in [6.07, 6.45) is 4.52. The van der Waals surface area contributed by atoms with Crippen LogP contribution in [-0.4, -0.2) is 6.61 Å². The van der Waals surface area contributed by atoms with Crippen LogP contribution in [0.25, 0.3) is 0 Å². The Morgan fingerprint density at radius 1 is 1.47 bits per heavy atom. The Balaban J connectivity index is 2.19. The first-order valence-corrected chi connectivity index (χ1v) is 5.82. The van der Waals surface area contributed by atoms with Crippen molar-refractivity contribution in [1.82, 2.24) is 0 Å². The molecule has 0 radical (unpaired) electrons. The van der Waals surface area contributed by atoms with Gasteiger partial charge in [-0.05, 0) is 48.9 Å². The van der Waals surface area contributed by atoms with Crippen LogP contribution in [0.15, 0.2) is 18.2 Å². The Hall–Kier alpha value is -1.02. The third kappa shape index (κ3) is 2.32. The second-order valence-electron chi connectivity index (χ2n) is 4.21. The molecule has 1 atom stereocenters. The first-order chi connectivity index (χ1) is 7.31. The summed E-state index contributed by atoms with van der Waals surface area (Å²) in [7, 11) is 0. The molecule has 2 nitrogen and oxygen atoms in total.